The van der Waals surface area contributed by atoms with Crippen molar-refractivity contribution in [1.82, 2.24) is 5.32 Å². The van der Waals surface area contributed by atoms with Crippen LogP contribution < -0.4 is 5.32 Å². The first-order valence-electron chi connectivity index (χ1n) is 4.67. The van der Waals surface area contributed by atoms with Crippen molar-refractivity contribution >= 4 is 12.4 Å². The number of furan rings is 1. The molecule has 0 aliphatic rings. The molecule has 1 rings (SSSR count). The lowest BCUT2D eigenvalue weighted by Gasteiger charge is -2.10. The Morgan fingerprint density at radius 2 is 2.40 bits per heavy atom. The summed E-state index contributed by atoms with van der Waals surface area (Å²) in [5.41, 5.74) is 0. The lowest BCUT2D eigenvalue weighted by atomic mass is 10.1. The van der Waals surface area contributed by atoms with E-state index in [-0.39, 0.29) is 6.42 Å². The van der Waals surface area contributed by atoms with Gasteiger partial charge in [0.05, 0.1) is 12.5 Å². The summed E-state index contributed by atoms with van der Waals surface area (Å²) in [4.78, 5) is 20.8. The highest BCUT2D eigenvalue weighted by molar-refractivity contribution is 5.68. The number of carbonyl (C=O) groups excluding carboxylic acids is 1. The largest absolute Gasteiger partial charge is 0.481 e. The molecule has 5 heteroatoms. The van der Waals surface area contributed by atoms with Crippen molar-refractivity contribution in [3.05, 3.63) is 23.7 Å². The van der Waals surface area contributed by atoms with Gasteiger partial charge in [0.1, 0.15) is 11.5 Å². The third-order valence-electron chi connectivity index (χ3n) is 2.02. The Bertz CT molecular complexity index is 345. The summed E-state index contributed by atoms with van der Waals surface area (Å²) < 4.78 is 5.36. The van der Waals surface area contributed by atoms with E-state index in [2.05, 4.69) is 5.32 Å². The monoisotopic (exact) mass is 211 g/mol. The van der Waals surface area contributed by atoms with Crippen LogP contribution in [-0.4, -0.2) is 17.5 Å². The van der Waals surface area contributed by atoms with Crippen LogP contribution in [0.3, 0.4) is 0 Å². The van der Waals surface area contributed by atoms with Crippen molar-refractivity contribution in [2.24, 2.45) is 0 Å². The molecule has 5 nitrogen and oxygen atoms in total. The minimum Gasteiger partial charge on any atom is -0.481 e. The molecule has 1 heterocycles. The van der Waals surface area contributed by atoms with E-state index in [1.807, 2.05) is 6.92 Å². The van der Waals surface area contributed by atoms with Crippen molar-refractivity contribution in [3.63, 3.8) is 0 Å². The van der Waals surface area contributed by atoms with Gasteiger partial charge < -0.3 is 14.8 Å². The number of amides is 1. The molecule has 0 aromatic carbocycles. The maximum atomic E-state index is 10.5. The van der Waals surface area contributed by atoms with Gasteiger partial charge in [-0.2, -0.15) is 0 Å². The third kappa shape index (κ3) is 3.12. The number of hydrogen-bond acceptors (Lipinski definition) is 3. The molecule has 0 unspecified atom stereocenters. The summed E-state index contributed by atoms with van der Waals surface area (Å²) in [6.07, 6.45) is 1.03. The molecular weight excluding hydrogens is 198 g/mol. The zero-order chi connectivity index (χ0) is 11.3. The maximum Gasteiger partial charge on any atom is 0.305 e. The van der Waals surface area contributed by atoms with E-state index in [0.29, 0.717) is 12.2 Å². The van der Waals surface area contributed by atoms with Crippen molar-refractivity contribution in [1.29, 1.82) is 0 Å². The van der Waals surface area contributed by atoms with Gasteiger partial charge in [0, 0.05) is 6.42 Å². The van der Waals surface area contributed by atoms with Gasteiger partial charge in [0.15, 0.2) is 0 Å². The minimum atomic E-state index is -0.983. The molecule has 2 N–H and O–H groups in total. The highest BCUT2D eigenvalue weighted by Crippen LogP contribution is 2.19. The molecule has 1 aromatic rings. The second-order valence-electron chi connectivity index (χ2n) is 3.09. The fourth-order valence-corrected chi connectivity index (χ4v) is 1.27. The van der Waals surface area contributed by atoms with Crippen LogP contribution in [0.15, 0.2) is 16.5 Å². The summed E-state index contributed by atoms with van der Waals surface area (Å²) in [6, 6.07) is 2.86. The molecule has 0 spiro atoms. The number of hydrogen-bond donors (Lipinski definition) is 2. The molecule has 0 aliphatic carbocycles. The van der Waals surface area contributed by atoms with Crippen molar-refractivity contribution in [2.75, 3.05) is 0 Å². The number of aliphatic carboxylic acids is 1. The summed E-state index contributed by atoms with van der Waals surface area (Å²) in [5, 5.41) is 11.1. The number of aryl methyl sites for hydroxylation is 1. The van der Waals surface area contributed by atoms with E-state index in [1.54, 1.807) is 12.1 Å². The summed E-state index contributed by atoms with van der Waals surface area (Å²) in [7, 11) is 0. The zero-order valence-corrected chi connectivity index (χ0v) is 8.40. The molecule has 0 saturated carbocycles. The molecule has 0 saturated heterocycles. The van der Waals surface area contributed by atoms with Gasteiger partial charge in [-0.05, 0) is 12.1 Å². The zero-order valence-electron chi connectivity index (χ0n) is 8.40. The molecule has 82 valence electrons. The lowest BCUT2D eigenvalue weighted by molar-refractivity contribution is -0.137. The first kappa shape index (κ1) is 11.3. The number of carboxylic acids is 1. The highest BCUT2D eigenvalue weighted by atomic mass is 16.4. The Balaban J connectivity index is 2.77. The SMILES string of the molecule is CCc1ccc([C@H](CC(=O)O)NC=O)o1. The van der Waals surface area contributed by atoms with E-state index in [9.17, 15) is 9.59 Å². The molecule has 0 aliphatic heterocycles. The molecule has 1 aromatic heterocycles. The van der Waals surface area contributed by atoms with Gasteiger partial charge in [0.2, 0.25) is 6.41 Å². The average molecular weight is 211 g/mol. The van der Waals surface area contributed by atoms with Gasteiger partial charge in [-0.3, -0.25) is 9.59 Å². The Kier molecular flexibility index (Phi) is 3.91. The first-order chi connectivity index (χ1) is 7.17. The smallest absolute Gasteiger partial charge is 0.305 e. The van der Waals surface area contributed by atoms with Crippen molar-refractivity contribution < 1.29 is 19.1 Å². The van der Waals surface area contributed by atoms with Crippen molar-refractivity contribution in [3.8, 4) is 0 Å². The normalized spacial score (nSPS) is 12.1. The number of carboxylic acid groups (broad SMARTS) is 1. The second kappa shape index (κ2) is 5.19. The molecular formula is C10H13NO4. The van der Waals surface area contributed by atoms with E-state index in [4.69, 9.17) is 9.52 Å². The van der Waals surface area contributed by atoms with Crippen molar-refractivity contribution in [2.45, 2.75) is 25.8 Å². The van der Waals surface area contributed by atoms with E-state index in [1.165, 1.54) is 0 Å². The number of rotatable bonds is 6. The molecule has 0 fully saturated rings. The van der Waals surface area contributed by atoms with E-state index in [0.717, 1.165) is 12.2 Å². The Labute approximate surface area is 87.1 Å². The second-order valence-corrected chi connectivity index (χ2v) is 3.09. The van der Waals surface area contributed by atoms with Crippen LogP contribution >= 0.6 is 0 Å². The third-order valence-corrected chi connectivity index (χ3v) is 2.02. The molecule has 0 bridgehead atoms. The molecule has 15 heavy (non-hydrogen) atoms. The number of carbonyl (C=O) groups is 2. The topological polar surface area (TPSA) is 79.5 Å². The summed E-state index contributed by atoms with van der Waals surface area (Å²) >= 11 is 0. The van der Waals surface area contributed by atoms with Gasteiger partial charge in [-0.1, -0.05) is 6.92 Å². The van der Waals surface area contributed by atoms with Crippen LogP contribution in [0, 0.1) is 0 Å². The van der Waals surface area contributed by atoms with Crippen LogP contribution in [0.25, 0.3) is 0 Å². The summed E-state index contributed by atoms with van der Waals surface area (Å²) in [5.74, 6) is 0.262. The van der Waals surface area contributed by atoms with Gasteiger partial charge in [-0.25, -0.2) is 0 Å². The van der Waals surface area contributed by atoms with Crippen LogP contribution in [0.5, 0.6) is 0 Å². The highest BCUT2D eigenvalue weighted by Gasteiger charge is 2.17. The average Bonchev–Trinajstić information content (AvgIpc) is 2.64. The predicted octanol–water partition coefficient (Wildman–Crippen LogP) is 1.10. The Hall–Kier alpha value is -1.78. The lowest BCUT2D eigenvalue weighted by Crippen LogP contribution is -2.21. The van der Waals surface area contributed by atoms with Crippen LogP contribution in [0.4, 0.5) is 0 Å². The van der Waals surface area contributed by atoms with Crippen LogP contribution in [0.2, 0.25) is 0 Å². The maximum absolute atomic E-state index is 10.5. The van der Waals surface area contributed by atoms with Gasteiger partial charge in [-0.15, -0.1) is 0 Å². The quantitative estimate of drug-likeness (QED) is 0.690. The fourth-order valence-electron chi connectivity index (χ4n) is 1.27. The Morgan fingerprint density at radius 1 is 1.67 bits per heavy atom. The summed E-state index contributed by atoms with van der Waals surface area (Å²) in [6.45, 7) is 1.93. The van der Waals surface area contributed by atoms with E-state index < -0.39 is 12.0 Å². The van der Waals surface area contributed by atoms with Gasteiger partial charge in [0.25, 0.3) is 0 Å². The van der Waals surface area contributed by atoms with Crippen LogP contribution in [-0.2, 0) is 16.0 Å². The predicted molar refractivity (Wildman–Crippen MR) is 52.3 cm³/mol. The van der Waals surface area contributed by atoms with Crippen LogP contribution in [0.1, 0.15) is 30.9 Å². The fraction of sp³-hybridized carbons (Fsp3) is 0.400. The number of nitrogens with one attached hydrogen (secondary N) is 1. The standard InChI is InChI=1S/C10H13NO4/c1-2-7-3-4-9(15-7)8(11-6-12)5-10(13)14/h3-4,6,8H,2,5H2,1H3,(H,11,12)(H,13,14)/t8-/m0/s1. The molecule has 0 radical (unpaired) electrons. The molecule has 1 amide bonds. The minimum absolute atomic E-state index is 0.185. The van der Waals surface area contributed by atoms with E-state index >= 15 is 0 Å². The van der Waals surface area contributed by atoms with Gasteiger partial charge >= 0.3 is 5.97 Å². The Morgan fingerprint density at radius 3 is 2.87 bits per heavy atom. The molecule has 1 atom stereocenters. The first-order valence-corrected chi connectivity index (χ1v) is 4.67.